The van der Waals surface area contributed by atoms with E-state index in [1.807, 2.05) is 32.9 Å². The molecular formula is C27H35N3O6S2. The summed E-state index contributed by atoms with van der Waals surface area (Å²) >= 11 is 0. The first kappa shape index (κ1) is 28.2. The van der Waals surface area contributed by atoms with Crippen LogP contribution in [0.1, 0.15) is 70.4 Å². The molecule has 1 aliphatic carbocycles. The Hall–Kier alpha value is -2.86. The maximum atomic E-state index is 14.2. The van der Waals surface area contributed by atoms with Crippen LogP contribution in [0.25, 0.3) is 5.76 Å². The third-order valence-corrected chi connectivity index (χ3v) is 9.71. The second-order valence-corrected chi connectivity index (χ2v) is 13.3. The highest BCUT2D eigenvalue weighted by Gasteiger charge is 2.48. The number of benzene rings is 2. The van der Waals surface area contributed by atoms with Gasteiger partial charge in [0.15, 0.2) is 11.6 Å². The first-order valence-electron chi connectivity index (χ1n) is 12.9. The van der Waals surface area contributed by atoms with Crippen LogP contribution >= 0.6 is 10.8 Å². The lowest BCUT2D eigenvalue weighted by Crippen LogP contribution is -2.44. The molecule has 4 rings (SSSR count). The van der Waals surface area contributed by atoms with Gasteiger partial charge in [-0.25, -0.2) is 8.42 Å². The number of aliphatic hydroxyl groups is 1. The highest BCUT2D eigenvalue weighted by atomic mass is 32.3. The highest BCUT2D eigenvalue weighted by molar-refractivity contribution is 8.23. The molecule has 0 radical (unpaired) electrons. The number of rotatable bonds is 10. The molecule has 2 aliphatic rings. The van der Waals surface area contributed by atoms with Gasteiger partial charge in [-0.3, -0.25) is 18.6 Å². The van der Waals surface area contributed by atoms with Gasteiger partial charge in [-0.15, -0.1) is 4.40 Å². The molecule has 0 fully saturated rings. The average molecular weight is 562 g/mol. The van der Waals surface area contributed by atoms with E-state index in [9.17, 15) is 27.4 Å². The Bertz CT molecular complexity index is 1410. The van der Waals surface area contributed by atoms with Crippen LogP contribution in [0.2, 0.25) is 0 Å². The number of unbranched alkanes of at least 4 members (excludes halogenated alkanes) is 1. The maximum Gasteiger partial charge on any atom is 0.232 e. The van der Waals surface area contributed by atoms with Crippen LogP contribution in [-0.4, -0.2) is 40.0 Å². The lowest BCUT2D eigenvalue weighted by molar-refractivity contribution is -0.121. The highest BCUT2D eigenvalue weighted by Crippen LogP contribution is 2.57. The molecule has 1 aliphatic heterocycles. The summed E-state index contributed by atoms with van der Waals surface area (Å²) < 4.78 is 53.3. The van der Waals surface area contributed by atoms with E-state index >= 15 is 0 Å². The quantitative estimate of drug-likeness (QED) is 0.223. The number of carbonyl (C=O) groups excluding carboxylic acids is 1. The minimum Gasteiger partial charge on any atom is -0.506 e. The fourth-order valence-corrected chi connectivity index (χ4v) is 7.77. The molecule has 0 aromatic heterocycles. The Balaban J connectivity index is 1.78. The van der Waals surface area contributed by atoms with Gasteiger partial charge < -0.3 is 10.4 Å². The van der Waals surface area contributed by atoms with Gasteiger partial charge in [0.1, 0.15) is 16.2 Å². The zero-order valence-electron chi connectivity index (χ0n) is 21.8. The van der Waals surface area contributed by atoms with Gasteiger partial charge >= 0.3 is 0 Å². The number of anilines is 2. The summed E-state index contributed by atoms with van der Waals surface area (Å²) in [5.74, 6) is -0.755. The van der Waals surface area contributed by atoms with Crippen molar-refractivity contribution >= 4 is 49.6 Å². The van der Waals surface area contributed by atoms with E-state index in [1.165, 1.54) is 18.2 Å². The molecule has 0 bridgehead atoms. The molecule has 0 unspecified atom stereocenters. The van der Waals surface area contributed by atoms with E-state index in [0.717, 1.165) is 24.8 Å². The van der Waals surface area contributed by atoms with Crippen molar-refractivity contribution in [3.8, 4) is 0 Å². The van der Waals surface area contributed by atoms with Crippen LogP contribution in [0.3, 0.4) is 0 Å². The summed E-state index contributed by atoms with van der Waals surface area (Å²) in [5, 5.41) is 14.3. The molecule has 0 spiro atoms. The number of amidine groups is 1. The maximum absolute atomic E-state index is 14.2. The molecular weight excluding hydrogens is 526 g/mol. The number of carbonyl (C=O) groups is 1. The van der Waals surface area contributed by atoms with Crippen molar-refractivity contribution in [1.82, 2.24) is 0 Å². The molecule has 206 valence electrons. The molecule has 11 heteroatoms. The van der Waals surface area contributed by atoms with Gasteiger partial charge in [0, 0.05) is 5.56 Å². The van der Waals surface area contributed by atoms with Crippen molar-refractivity contribution in [3.05, 3.63) is 59.2 Å². The van der Waals surface area contributed by atoms with Crippen LogP contribution in [0, 0.1) is 0 Å². The first-order valence-corrected chi connectivity index (χ1v) is 16.0. The molecule has 0 atom stereocenters. The normalized spacial score (nSPS) is 18.7. The largest absolute Gasteiger partial charge is 0.506 e. The van der Waals surface area contributed by atoms with Gasteiger partial charge in [-0.1, -0.05) is 75.1 Å². The van der Waals surface area contributed by atoms with Crippen molar-refractivity contribution < 1.29 is 27.4 Å². The van der Waals surface area contributed by atoms with Gasteiger partial charge in [0.25, 0.3) is 0 Å². The third kappa shape index (κ3) is 5.07. The van der Waals surface area contributed by atoms with Crippen LogP contribution in [0.15, 0.2) is 57.3 Å². The lowest BCUT2D eigenvalue weighted by atomic mass is 9.63. The van der Waals surface area contributed by atoms with Crippen molar-refractivity contribution in [2.24, 2.45) is 4.40 Å². The Labute approximate surface area is 225 Å². The number of fused-ring (bicyclic) bond motifs is 2. The van der Waals surface area contributed by atoms with E-state index in [-0.39, 0.29) is 45.0 Å². The molecule has 0 amide bonds. The molecule has 38 heavy (non-hydrogen) atoms. The Morgan fingerprint density at radius 1 is 1.03 bits per heavy atom. The van der Waals surface area contributed by atoms with Crippen LogP contribution in [0.5, 0.6) is 0 Å². The Kier molecular flexibility index (Phi) is 7.94. The van der Waals surface area contributed by atoms with Crippen LogP contribution in [-0.2, 0) is 20.2 Å². The lowest BCUT2D eigenvalue weighted by Gasteiger charge is -2.40. The average Bonchev–Trinajstić information content (AvgIpc) is 2.86. The zero-order valence-corrected chi connectivity index (χ0v) is 23.5. The summed E-state index contributed by atoms with van der Waals surface area (Å²) in [6.07, 6.45) is 3.82. The predicted molar refractivity (Wildman–Crippen MR) is 153 cm³/mol. The number of Topliss-reactive ketones (excluding diaryl/α,β-unsaturated/α-hetero) is 1. The van der Waals surface area contributed by atoms with E-state index < -0.39 is 26.2 Å². The molecule has 0 saturated carbocycles. The number of hydrogen-bond acceptors (Lipinski definition) is 8. The third-order valence-electron chi connectivity index (χ3n) is 6.97. The number of nitrogens with zero attached hydrogens (tertiary/aromatic N) is 1. The second kappa shape index (κ2) is 10.7. The van der Waals surface area contributed by atoms with Crippen molar-refractivity contribution in [2.75, 3.05) is 15.8 Å². The monoisotopic (exact) mass is 561 g/mol. The van der Waals surface area contributed by atoms with E-state index in [4.69, 9.17) is 0 Å². The number of aliphatic hydroxyl groups excluding tert-OH is 1. The standard InChI is InChI=1S/C27H35N3O6S2/c1-4-7-16-37(33,34)29-18-12-13-21-22(17-18)38(35,36)30-26(28-21)23-24(31)19-10-8-9-11-20(19)27(14-5-2,15-6-3)25(23)32/h8-13,17,29,31,35-36H,4-7,14-16H2,1-3H3,(H,28,30). The van der Waals surface area contributed by atoms with Crippen LogP contribution < -0.4 is 10.0 Å². The zero-order chi connectivity index (χ0) is 27.7. The molecule has 0 saturated heterocycles. The van der Waals surface area contributed by atoms with E-state index in [0.29, 0.717) is 24.8 Å². The Morgan fingerprint density at radius 3 is 2.37 bits per heavy atom. The summed E-state index contributed by atoms with van der Waals surface area (Å²) in [4.78, 5) is 14.1. The minimum absolute atomic E-state index is 0.00549. The summed E-state index contributed by atoms with van der Waals surface area (Å²) in [5.41, 5.74) is 0.756. The van der Waals surface area contributed by atoms with E-state index in [2.05, 4.69) is 14.4 Å². The Morgan fingerprint density at radius 2 is 1.71 bits per heavy atom. The smallest absolute Gasteiger partial charge is 0.232 e. The number of sulfonamides is 1. The van der Waals surface area contributed by atoms with Crippen molar-refractivity contribution in [2.45, 2.75) is 69.6 Å². The topological polar surface area (TPSA) is 148 Å². The van der Waals surface area contributed by atoms with Gasteiger partial charge in [-0.2, -0.15) is 0 Å². The summed E-state index contributed by atoms with van der Waals surface area (Å²) in [7, 11) is -7.43. The fraction of sp³-hybridized carbons (Fsp3) is 0.407. The second-order valence-electron chi connectivity index (χ2n) is 9.75. The number of ketones is 1. The van der Waals surface area contributed by atoms with E-state index in [1.54, 1.807) is 12.1 Å². The molecule has 9 nitrogen and oxygen atoms in total. The number of hydrogen-bond donors (Lipinski definition) is 5. The molecule has 2 aromatic carbocycles. The summed E-state index contributed by atoms with van der Waals surface area (Å²) in [6.45, 7) is 5.90. The van der Waals surface area contributed by atoms with Crippen molar-refractivity contribution in [3.63, 3.8) is 0 Å². The van der Waals surface area contributed by atoms with Gasteiger partial charge in [-0.05, 0) is 43.0 Å². The predicted octanol–water partition coefficient (Wildman–Crippen LogP) is 6.47. The molecule has 2 aromatic rings. The molecule has 5 N–H and O–H groups in total. The van der Waals surface area contributed by atoms with Crippen molar-refractivity contribution in [1.29, 1.82) is 0 Å². The van der Waals surface area contributed by atoms with Gasteiger partial charge in [0.2, 0.25) is 10.0 Å². The summed E-state index contributed by atoms with van der Waals surface area (Å²) in [6, 6.07) is 11.6. The SMILES string of the molecule is CCCCS(=O)(=O)Nc1ccc2c(c1)S(O)(O)N=C(C1=C(O)c3ccccc3C(CCC)(CCC)C1=O)N2. The minimum atomic E-state index is -3.83. The molecule has 1 heterocycles. The first-order chi connectivity index (χ1) is 18.0. The fourth-order valence-electron chi connectivity index (χ4n) is 5.32. The number of nitrogens with one attached hydrogen (secondary N) is 2. The van der Waals surface area contributed by atoms with Crippen LogP contribution in [0.4, 0.5) is 11.4 Å². The van der Waals surface area contributed by atoms with Gasteiger partial charge in [0.05, 0.1) is 22.5 Å².